The van der Waals surface area contributed by atoms with Gasteiger partial charge in [0.1, 0.15) is 0 Å². The van der Waals surface area contributed by atoms with E-state index in [1.807, 2.05) is 23.7 Å². The molecule has 0 N–H and O–H groups in total. The standard InChI is InChI=1S/C21H19N3O3S/c1-3-13-5-4-6-16-19(13)23(2)21(28-16)22-20(27)14-7-9-15(10-8-14)24-17(25)11-12-18(24)26/h4-10H,3,11-12H2,1-2H3. The third kappa shape index (κ3) is 3.07. The highest BCUT2D eigenvalue weighted by Gasteiger charge is 2.30. The van der Waals surface area contributed by atoms with Crippen molar-refractivity contribution in [1.29, 1.82) is 0 Å². The number of fused-ring (bicyclic) bond motifs is 1. The van der Waals surface area contributed by atoms with E-state index in [0.717, 1.165) is 16.6 Å². The summed E-state index contributed by atoms with van der Waals surface area (Å²) in [4.78, 5) is 42.4. The third-order valence-corrected chi connectivity index (χ3v) is 6.01. The van der Waals surface area contributed by atoms with Crippen LogP contribution in [0.25, 0.3) is 10.2 Å². The lowest BCUT2D eigenvalue weighted by molar-refractivity contribution is -0.121. The molecule has 6 nitrogen and oxygen atoms in total. The predicted octanol–water partition coefficient (Wildman–Crippen LogP) is 3.20. The molecular weight excluding hydrogens is 374 g/mol. The molecule has 1 aliphatic rings. The number of nitrogens with zero attached hydrogens (tertiary/aromatic N) is 3. The topological polar surface area (TPSA) is 71.7 Å². The minimum absolute atomic E-state index is 0.210. The number of aromatic nitrogens is 1. The Morgan fingerprint density at radius 2 is 1.75 bits per heavy atom. The molecule has 0 unspecified atom stereocenters. The normalized spacial score (nSPS) is 15.1. The van der Waals surface area contributed by atoms with Crippen molar-refractivity contribution < 1.29 is 14.4 Å². The molecule has 1 saturated heterocycles. The highest BCUT2D eigenvalue weighted by atomic mass is 32.1. The van der Waals surface area contributed by atoms with Crippen LogP contribution >= 0.6 is 11.3 Å². The second-order valence-electron chi connectivity index (χ2n) is 6.65. The Morgan fingerprint density at radius 3 is 2.39 bits per heavy atom. The van der Waals surface area contributed by atoms with Crippen LogP contribution in [0.2, 0.25) is 0 Å². The van der Waals surface area contributed by atoms with E-state index in [0.29, 0.717) is 16.1 Å². The lowest BCUT2D eigenvalue weighted by atomic mass is 10.1. The van der Waals surface area contributed by atoms with Gasteiger partial charge in [0.2, 0.25) is 11.8 Å². The molecule has 1 fully saturated rings. The van der Waals surface area contributed by atoms with E-state index in [1.54, 1.807) is 24.3 Å². The van der Waals surface area contributed by atoms with Crippen LogP contribution in [0.5, 0.6) is 0 Å². The average molecular weight is 393 g/mol. The zero-order valence-electron chi connectivity index (χ0n) is 15.6. The lowest BCUT2D eigenvalue weighted by Crippen LogP contribution is -2.28. The number of para-hydroxylation sites is 1. The molecule has 0 atom stereocenters. The smallest absolute Gasteiger partial charge is 0.279 e. The van der Waals surface area contributed by atoms with Crippen LogP contribution in [0.15, 0.2) is 47.5 Å². The maximum atomic E-state index is 12.6. The molecular formula is C21H19N3O3S. The summed E-state index contributed by atoms with van der Waals surface area (Å²) < 4.78 is 3.04. The molecule has 142 valence electrons. The molecule has 3 amide bonds. The second kappa shape index (κ2) is 7.16. The molecule has 0 bridgehead atoms. The van der Waals surface area contributed by atoms with Crippen LogP contribution in [-0.4, -0.2) is 22.3 Å². The predicted molar refractivity (Wildman–Crippen MR) is 108 cm³/mol. The molecule has 0 radical (unpaired) electrons. The number of aryl methyl sites for hydroxylation is 2. The van der Waals surface area contributed by atoms with Crippen molar-refractivity contribution in [3.05, 3.63) is 58.4 Å². The first-order chi connectivity index (χ1) is 13.5. The van der Waals surface area contributed by atoms with Crippen molar-refractivity contribution in [2.24, 2.45) is 12.0 Å². The fourth-order valence-electron chi connectivity index (χ4n) is 3.45. The van der Waals surface area contributed by atoms with Crippen LogP contribution in [0, 0.1) is 0 Å². The van der Waals surface area contributed by atoms with E-state index in [-0.39, 0.29) is 30.6 Å². The number of hydrogen-bond donors (Lipinski definition) is 0. The van der Waals surface area contributed by atoms with Crippen molar-refractivity contribution in [2.75, 3.05) is 4.90 Å². The molecule has 28 heavy (non-hydrogen) atoms. The highest BCUT2D eigenvalue weighted by Crippen LogP contribution is 2.23. The highest BCUT2D eigenvalue weighted by molar-refractivity contribution is 7.16. The fourth-order valence-corrected chi connectivity index (χ4v) is 4.51. The molecule has 0 saturated carbocycles. The number of hydrogen-bond acceptors (Lipinski definition) is 4. The summed E-state index contributed by atoms with van der Waals surface area (Å²) in [6.07, 6.45) is 1.37. The zero-order chi connectivity index (χ0) is 19.8. The minimum atomic E-state index is -0.356. The summed E-state index contributed by atoms with van der Waals surface area (Å²) in [7, 11) is 1.91. The number of rotatable bonds is 3. The van der Waals surface area contributed by atoms with E-state index in [2.05, 4.69) is 18.0 Å². The third-order valence-electron chi connectivity index (χ3n) is 4.91. The Morgan fingerprint density at radius 1 is 1.07 bits per heavy atom. The first-order valence-corrected chi connectivity index (χ1v) is 9.93. The van der Waals surface area contributed by atoms with Crippen LogP contribution in [0.3, 0.4) is 0 Å². The Bertz CT molecular complexity index is 1160. The van der Waals surface area contributed by atoms with Gasteiger partial charge < -0.3 is 4.57 Å². The van der Waals surface area contributed by atoms with Gasteiger partial charge in [-0.15, -0.1) is 0 Å². The van der Waals surface area contributed by atoms with Crippen LogP contribution in [0.1, 0.15) is 35.7 Å². The van der Waals surface area contributed by atoms with E-state index >= 15 is 0 Å². The van der Waals surface area contributed by atoms with Gasteiger partial charge in [0.15, 0.2) is 4.80 Å². The van der Waals surface area contributed by atoms with Gasteiger partial charge in [-0.2, -0.15) is 4.99 Å². The number of anilines is 1. The van der Waals surface area contributed by atoms with Gasteiger partial charge in [0.25, 0.3) is 5.91 Å². The first kappa shape index (κ1) is 18.3. The van der Waals surface area contributed by atoms with E-state index < -0.39 is 0 Å². The molecule has 0 aliphatic carbocycles. The SMILES string of the molecule is CCc1cccc2sc(=NC(=O)c3ccc(N4C(=O)CCC4=O)cc3)n(C)c12. The van der Waals surface area contributed by atoms with Gasteiger partial charge in [-0.1, -0.05) is 30.4 Å². The Labute approximate surface area is 165 Å². The summed E-state index contributed by atoms with van der Waals surface area (Å²) in [5.41, 5.74) is 3.22. The number of thiazole rings is 1. The fraction of sp³-hybridized carbons (Fsp3) is 0.238. The van der Waals surface area contributed by atoms with Crippen molar-refractivity contribution >= 4 is 45.0 Å². The van der Waals surface area contributed by atoms with Crippen LogP contribution in [0.4, 0.5) is 5.69 Å². The van der Waals surface area contributed by atoms with Crippen LogP contribution in [-0.2, 0) is 23.1 Å². The quantitative estimate of drug-likeness (QED) is 0.642. The largest absolute Gasteiger partial charge is 0.319 e. The van der Waals surface area contributed by atoms with Crippen molar-refractivity contribution in [3.63, 3.8) is 0 Å². The molecule has 0 spiro atoms. The minimum Gasteiger partial charge on any atom is -0.319 e. The Balaban J connectivity index is 1.67. The molecule has 4 rings (SSSR count). The lowest BCUT2D eigenvalue weighted by Gasteiger charge is -2.13. The van der Waals surface area contributed by atoms with Gasteiger partial charge in [-0.05, 0) is 42.3 Å². The number of imide groups is 1. The molecule has 7 heteroatoms. The van der Waals surface area contributed by atoms with Gasteiger partial charge >= 0.3 is 0 Å². The number of carbonyl (C=O) groups excluding carboxylic acids is 3. The Kier molecular flexibility index (Phi) is 4.68. The van der Waals surface area contributed by atoms with Gasteiger partial charge in [0.05, 0.1) is 15.9 Å². The summed E-state index contributed by atoms with van der Waals surface area (Å²) in [5.74, 6) is -0.776. The summed E-state index contributed by atoms with van der Waals surface area (Å²) >= 11 is 1.48. The number of benzene rings is 2. The van der Waals surface area contributed by atoms with Gasteiger partial charge in [-0.3, -0.25) is 19.3 Å². The molecule has 2 aromatic carbocycles. The van der Waals surface area contributed by atoms with Gasteiger partial charge in [0, 0.05) is 25.5 Å². The maximum absolute atomic E-state index is 12.6. The van der Waals surface area contributed by atoms with E-state index in [4.69, 9.17) is 0 Å². The van der Waals surface area contributed by atoms with E-state index in [1.165, 1.54) is 21.8 Å². The zero-order valence-corrected chi connectivity index (χ0v) is 16.5. The number of amides is 3. The molecule has 1 aromatic heterocycles. The van der Waals surface area contributed by atoms with Crippen molar-refractivity contribution in [3.8, 4) is 0 Å². The average Bonchev–Trinajstić information content (AvgIpc) is 3.20. The van der Waals surface area contributed by atoms with E-state index in [9.17, 15) is 14.4 Å². The molecule has 1 aliphatic heterocycles. The first-order valence-electron chi connectivity index (χ1n) is 9.12. The van der Waals surface area contributed by atoms with Crippen molar-refractivity contribution in [1.82, 2.24) is 4.57 Å². The number of carbonyl (C=O) groups is 3. The monoisotopic (exact) mass is 393 g/mol. The summed E-state index contributed by atoms with van der Waals surface area (Å²) in [6, 6.07) is 12.6. The molecule has 2 heterocycles. The van der Waals surface area contributed by atoms with Gasteiger partial charge in [-0.25, -0.2) is 0 Å². The van der Waals surface area contributed by atoms with Crippen molar-refractivity contribution in [2.45, 2.75) is 26.2 Å². The Hall–Kier alpha value is -3.06. The second-order valence-corrected chi connectivity index (χ2v) is 7.66. The summed E-state index contributed by atoms with van der Waals surface area (Å²) in [5, 5.41) is 0. The maximum Gasteiger partial charge on any atom is 0.279 e. The summed E-state index contributed by atoms with van der Waals surface area (Å²) in [6.45, 7) is 2.10. The van der Waals surface area contributed by atoms with Crippen LogP contribution < -0.4 is 9.70 Å². The molecule has 3 aromatic rings.